The van der Waals surface area contributed by atoms with E-state index in [9.17, 15) is 27.5 Å². The number of halogens is 1. The van der Waals surface area contributed by atoms with Crippen LogP contribution in [0, 0.1) is 11.9 Å². The van der Waals surface area contributed by atoms with Crippen molar-refractivity contribution >= 4 is 27.8 Å². The number of carbonyl (C=O) groups excluding carboxylic acids is 1. The van der Waals surface area contributed by atoms with Gasteiger partial charge in [0.05, 0.1) is 17.3 Å². The summed E-state index contributed by atoms with van der Waals surface area (Å²) in [5, 5.41) is 12.5. The van der Waals surface area contributed by atoms with Crippen LogP contribution in [0.15, 0.2) is 53.7 Å². The molecule has 0 aromatic carbocycles. The van der Waals surface area contributed by atoms with Crippen molar-refractivity contribution in [2.45, 2.75) is 102 Å². The Morgan fingerprint density at radius 3 is 2.30 bits per heavy atom. The van der Waals surface area contributed by atoms with Crippen molar-refractivity contribution in [2.75, 3.05) is 11.9 Å². The predicted molar refractivity (Wildman–Crippen MR) is 177 cm³/mol. The lowest BCUT2D eigenvalue weighted by molar-refractivity contribution is 0.0975. The van der Waals surface area contributed by atoms with Gasteiger partial charge in [0, 0.05) is 29.4 Å². The quantitative estimate of drug-likeness (QED) is 0.219. The number of hydrogen-bond donors (Lipinski definition) is 3. The molecule has 1 unspecified atom stereocenters. The number of hydrogen-bond acceptors (Lipinski definition) is 8. The molecule has 0 spiro atoms. The van der Waals surface area contributed by atoms with E-state index in [0.717, 1.165) is 11.3 Å². The summed E-state index contributed by atoms with van der Waals surface area (Å²) in [7, 11) is -4.48. The van der Waals surface area contributed by atoms with Gasteiger partial charge in [0.1, 0.15) is 5.82 Å². The minimum atomic E-state index is -4.48. The fourth-order valence-electron chi connectivity index (χ4n) is 5.74. The molecule has 3 N–H and O–H groups in total. The van der Waals surface area contributed by atoms with Crippen LogP contribution in [-0.2, 0) is 20.9 Å². The first-order chi connectivity index (χ1) is 21.7. The van der Waals surface area contributed by atoms with Gasteiger partial charge in [0.15, 0.2) is 5.03 Å². The smallest absolute Gasteiger partial charge is 0.407 e. The molecule has 254 valence electrons. The monoisotopic (exact) mass is 668 g/mol. The van der Waals surface area contributed by atoms with E-state index < -0.39 is 49.5 Å². The zero-order chi connectivity index (χ0) is 34.9. The van der Waals surface area contributed by atoms with Gasteiger partial charge in [-0.05, 0) is 80.3 Å². The number of likely N-dealkylation sites (tertiary alicyclic amines) is 1. The Labute approximate surface area is 276 Å². The van der Waals surface area contributed by atoms with Gasteiger partial charge in [-0.25, -0.2) is 19.5 Å². The minimum absolute atomic E-state index is 0.105. The SMILES string of the molecule is CC(C)(C)c1ccc(C(CC[C@@H]2CN(C(=O)O)C(C)(C)C2)Nc2cccc(S(=O)(=O)NC(=O)c3ccc(C(C)(C)C)nc3F)n2)nc1. The highest BCUT2D eigenvalue weighted by atomic mass is 32.2. The summed E-state index contributed by atoms with van der Waals surface area (Å²) in [5.74, 6) is -1.88. The molecule has 1 aliphatic heterocycles. The molecule has 0 bridgehead atoms. The van der Waals surface area contributed by atoms with Crippen molar-refractivity contribution in [2.24, 2.45) is 5.92 Å². The number of anilines is 1. The van der Waals surface area contributed by atoms with Gasteiger partial charge in [-0.1, -0.05) is 53.7 Å². The molecule has 4 heterocycles. The Balaban J connectivity index is 1.56. The molecule has 0 saturated carbocycles. The topological polar surface area (TPSA) is 154 Å². The Bertz CT molecular complexity index is 1730. The first-order valence-electron chi connectivity index (χ1n) is 15.6. The number of aromatic nitrogens is 3. The molecular formula is C34H45FN6O5S. The number of carboxylic acid groups (broad SMARTS) is 1. The van der Waals surface area contributed by atoms with Gasteiger partial charge in [-0.15, -0.1) is 0 Å². The summed E-state index contributed by atoms with van der Waals surface area (Å²) in [6.45, 7) is 16.1. The second-order valence-corrected chi connectivity index (χ2v) is 16.5. The fraction of sp³-hybridized carbons (Fsp3) is 0.500. The van der Waals surface area contributed by atoms with Crippen LogP contribution < -0.4 is 10.0 Å². The number of sulfonamides is 1. The highest BCUT2D eigenvalue weighted by Gasteiger charge is 2.41. The van der Waals surface area contributed by atoms with E-state index in [4.69, 9.17) is 4.98 Å². The number of nitrogens with zero attached hydrogens (tertiary/aromatic N) is 4. The molecule has 4 rings (SSSR count). The van der Waals surface area contributed by atoms with Crippen LogP contribution in [0.1, 0.15) is 108 Å². The summed E-state index contributed by atoms with van der Waals surface area (Å²) in [6, 6.07) is 10.6. The molecule has 1 saturated heterocycles. The van der Waals surface area contributed by atoms with Gasteiger partial charge >= 0.3 is 6.09 Å². The first kappa shape index (κ1) is 35.7. The highest BCUT2D eigenvalue weighted by Crippen LogP contribution is 2.37. The Hall–Kier alpha value is -4.13. The molecule has 3 aromatic rings. The zero-order valence-electron chi connectivity index (χ0n) is 28.3. The van der Waals surface area contributed by atoms with Crippen LogP contribution in [-0.4, -0.2) is 57.5 Å². The number of rotatable bonds is 9. The van der Waals surface area contributed by atoms with E-state index in [-0.39, 0.29) is 23.2 Å². The lowest BCUT2D eigenvalue weighted by Gasteiger charge is -2.28. The molecule has 2 amide bonds. The van der Waals surface area contributed by atoms with Gasteiger partial charge in [-0.2, -0.15) is 12.8 Å². The van der Waals surface area contributed by atoms with E-state index in [1.54, 1.807) is 6.07 Å². The van der Waals surface area contributed by atoms with Crippen molar-refractivity contribution in [1.82, 2.24) is 24.6 Å². The second-order valence-electron chi connectivity index (χ2n) is 14.9. The van der Waals surface area contributed by atoms with Crippen LogP contribution in [0.4, 0.5) is 15.0 Å². The maximum atomic E-state index is 14.7. The molecule has 2 atom stereocenters. The van der Waals surface area contributed by atoms with E-state index in [2.05, 4.69) is 36.1 Å². The normalized spacial score (nSPS) is 17.3. The number of nitrogens with one attached hydrogen (secondary N) is 2. The summed E-state index contributed by atoms with van der Waals surface area (Å²) in [5.41, 5.74) is 0.640. The summed E-state index contributed by atoms with van der Waals surface area (Å²) >= 11 is 0. The molecule has 0 aliphatic carbocycles. The summed E-state index contributed by atoms with van der Waals surface area (Å²) in [6.07, 6.45) is 2.85. The van der Waals surface area contributed by atoms with Crippen LogP contribution in [0.5, 0.6) is 0 Å². The highest BCUT2D eigenvalue weighted by molar-refractivity contribution is 7.90. The molecule has 3 aromatic heterocycles. The summed E-state index contributed by atoms with van der Waals surface area (Å²) in [4.78, 5) is 38.9. The maximum absolute atomic E-state index is 14.7. The third kappa shape index (κ3) is 8.62. The van der Waals surface area contributed by atoms with Gasteiger partial charge in [-0.3, -0.25) is 9.78 Å². The Kier molecular flexibility index (Phi) is 10.0. The van der Waals surface area contributed by atoms with Crippen LogP contribution in [0.25, 0.3) is 0 Å². The van der Waals surface area contributed by atoms with Crippen molar-refractivity contribution in [3.63, 3.8) is 0 Å². The van der Waals surface area contributed by atoms with E-state index in [1.165, 1.54) is 29.2 Å². The minimum Gasteiger partial charge on any atom is -0.465 e. The molecule has 47 heavy (non-hydrogen) atoms. The largest absolute Gasteiger partial charge is 0.465 e. The fourth-order valence-corrected chi connectivity index (χ4v) is 6.68. The van der Waals surface area contributed by atoms with Crippen molar-refractivity contribution in [1.29, 1.82) is 0 Å². The first-order valence-corrected chi connectivity index (χ1v) is 17.1. The Morgan fingerprint density at radius 1 is 1.04 bits per heavy atom. The van der Waals surface area contributed by atoms with Gasteiger partial charge in [0.2, 0.25) is 5.95 Å². The van der Waals surface area contributed by atoms with E-state index in [1.807, 2.05) is 57.7 Å². The predicted octanol–water partition coefficient (Wildman–Crippen LogP) is 6.44. The molecule has 1 aliphatic rings. The molecule has 13 heteroatoms. The number of carbonyl (C=O) groups is 2. The van der Waals surface area contributed by atoms with E-state index >= 15 is 0 Å². The summed E-state index contributed by atoms with van der Waals surface area (Å²) < 4.78 is 43.0. The van der Waals surface area contributed by atoms with Crippen molar-refractivity contribution in [3.05, 3.63) is 77.1 Å². The zero-order valence-corrected chi connectivity index (χ0v) is 29.1. The standard InChI is InChI=1S/C34H45FN6O5S/c1-32(2,3)22-13-16-24(36-19-22)25(15-12-21-18-34(7,8)41(20-21)31(43)44)37-27-10-9-11-28(39-27)47(45,46)40-30(42)23-14-17-26(33(4,5)6)38-29(23)35/h9-11,13-14,16-17,19,21,25H,12,15,18,20H2,1-8H3,(H,37,39)(H,40,42)(H,43,44)/t21-,25?/m0/s1. The lowest BCUT2D eigenvalue weighted by atomic mass is 9.87. The molecular weight excluding hydrogens is 623 g/mol. The lowest BCUT2D eigenvalue weighted by Crippen LogP contribution is -2.41. The van der Waals surface area contributed by atoms with Gasteiger partial charge < -0.3 is 15.3 Å². The van der Waals surface area contributed by atoms with E-state index in [0.29, 0.717) is 31.5 Å². The average molecular weight is 669 g/mol. The molecule has 1 fully saturated rings. The molecule has 11 nitrogen and oxygen atoms in total. The maximum Gasteiger partial charge on any atom is 0.407 e. The molecule has 0 radical (unpaired) electrons. The average Bonchev–Trinajstić information content (AvgIpc) is 3.28. The van der Waals surface area contributed by atoms with Crippen molar-refractivity contribution < 1.29 is 27.5 Å². The second kappa shape index (κ2) is 13.2. The number of pyridine rings is 3. The third-order valence-electron chi connectivity index (χ3n) is 8.47. The van der Waals surface area contributed by atoms with Crippen LogP contribution >= 0.6 is 0 Å². The van der Waals surface area contributed by atoms with Gasteiger partial charge in [0.25, 0.3) is 15.9 Å². The van der Waals surface area contributed by atoms with Crippen molar-refractivity contribution in [3.8, 4) is 0 Å². The van der Waals surface area contributed by atoms with Crippen LogP contribution in [0.3, 0.4) is 0 Å². The Morgan fingerprint density at radius 2 is 1.74 bits per heavy atom. The number of amides is 2. The van der Waals surface area contributed by atoms with Crippen LogP contribution in [0.2, 0.25) is 0 Å². The third-order valence-corrected chi connectivity index (χ3v) is 9.71.